The van der Waals surface area contributed by atoms with Gasteiger partial charge < -0.3 is 40.2 Å². The number of β-lactam (4-membered cyclic amide) rings is 1. The summed E-state index contributed by atoms with van der Waals surface area (Å²) in [5.41, 5.74) is -3.57. The zero-order valence-electron chi connectivity index (χ0n) is 25.3. The Kier molecular flexibility index (Phi) is 8.69. The van der Waals surface area contributed by atoms with Crippen LogP contribution in [0.15, 0.2) is 68.3 Å². The average Bonchev–Trinajstić information content (AvgIpc) is 3.50. The van der Waals surface area contributed by atoms with Crippen LogP contribution in [0.5, 0.6) is 17.2 Å². The highest BCUT2D eigenvalue weighted by molar-refractivity contribution is 8.01. The highest BCUT2D eigenvalue weighted by Crippen LogP contribution is 2.47. The first-order valence-electron chi connectivity index (χ1n) is 14.1. The maximum Gasteiger partial charge on any atom is 0.352 e. The Labute approximate surface area is 282 Å². The molecule has 1 fully saturated rings. The number of fused-ring (bicyclic) bond motifs is 2. The molecule has 2 aliphatic rings. The third kappa shape index (κ3) is 5.68. The van der Waals surface area contributed by atoms with Crippen LogP contribution in [-0.2, 0) is 26.2 Å². The number of rotatable bonds is 10. The predicted molar refractivity (Wildman–Crippen MR) is 169 cm³/mol. The first-order valence-corrected chi connectivity index (χ1v) is 16.1. The molecule has 0 spiro atoms. The zero-order chi connectivity index (χ0) is 35.2. The Morgan fingerprint density at radius 1 is 1.16 bits per heavy atom. The third-order valence-electron chi connectivity index (χ3n) is 7.80. The molecular formula is C29H25N7O11S2. The van der Waals surface area contributed by atoms with E-state index >= 15 is 0 Å². The van der Waals surface area contributed by atoms with Gasteiger partial charge in [-0.05, 0) is 45.8 Å². The molecule has 0 radical (unpaired) electrons. The van der Waals surface area contributed by atoms with Crippen LogP contribution in [0.1, 0.15) is 22.0 Å². The molecule has 2 aromatic carbocycles. The Hall–Kier alpha value is -5.60. The molecule has 3 amide bonds. The topological polar surface area (TPSA) is 260 Å². The van der Waals surface area contributed by atoms with Crippen molar-refractivity contribution in [2.45, 2.75) is 22.3 Å². The van der Waals surface area contributed by atoms with Gasteiger partial charge in [-0.1, -0.05) is 23.9 Å². The molecular weight excluding hydrogens is 686 g/mol. The lowest BCUT2D eigenvalue weighted by Crippen LogP contribution is -2.81. The molecule has 1 saturated heterocycles. The van der Waals surface area contributed by atoms with Crippen molar-refractivity contribution < 1.29 is 48.8 Å². The van der Waals surface area contributed by atoms with E-state index in [1.165, 1.54) is 40.7 Å². The second kappa shape index (κ2) is 12.8. The van der Waals surface area contributed by atoms with E-state index in [1.807, 2.05) is 0 Å². The van der Waals surface area contributed by atoms with E-state index in [1.54, 1.807) is 7.05 Å². The number of nitrogens with one attached hydrogen (secondary N) is 2. The van der Waals surface area contributed by atoms with E-state index in [0.717, 1.165) is 42.2 Å². The van der Waals surface area contributed by atoms with Crippen LogP contribution in [0.25, 0.3) is 11.0 Å². The van der Waals surface area contributed by atoms with Crippen molar-refractivity contribution in [1.29, 1.82) is 0 Å². The highest BCUT2D eigenvalue weighted by Gasteiger charge is 2.67. The summed E-state index contributed by atoms with van der Waals surface area (Å²) in [5.74, 6) is -5.40. The Balaban J connectivity index is 1.28. The summed E-state index contributed by atoms with van der Waals surface area (Å²) in [4.78, 5) is 67.7. The number of aromatic nitrogens is 4. The summed E-state index contributed by atoms with van der Waals surface area (Å²) in [5, 5.41) is 55.0. The van der Waals surface area contributed by atoms with Crippen LogP contribution in [0, 0.1) is 0 Å². The van der Waals surface area contributed by atoms with Crippen LogP contribution in [0.2, 0.25) is 0 Å². The number of nitrogens with zero attached hydrogens (tertiary/aromatic N) is 5. The summed E-state index contributed by atoms with van der Waals surface area (Å²) in [6.07, 6.45) is 0.754. The van der Waals surface area contributed by atoms with Crippen LogP contribution in [0.3, 0.4) is 0 Å². The molecule has 4 heterocycles. The van der Waals surface area contributed by atoms with Crippen LogP contribution >= 0.6 is 23.5 Å². The van der Waals surface area contributed by atoms with Crippen molar-refractivity contribution >= 4 is 58.2 Å². The monoisotopic (exact) mass is 711 g/mol. The number of methoxy groups -OCH3 is 1. The van der Waals surface area contributed by atoms with E-state index in [2.05, 4.69) is 26.2 Å². The van der Waals surface area contributed by atoms with Gasteiger partial charge in [-0.15, -0.1) is 16.9 Å². The first kappa shape index (κ1) is 33.3. The fourth-order valence-corrected chi connectivity index (χ4v) is 7.74. The maximum atomic E-state index is 13.9. The van der Waals surface area contributed by atoms with Crippen molar-refractivity contribution in [3.63, 3.8) is 0 Å². The average molecular weight is 712 g/mol. The lowest BCUT2D eigenvalue weighted by Gasteiger charge is -2.56. The second-order valence-electron chi connectivity index (χ2n) is 10.7. The minimum atomic E-state index is -2.05. The minimum Gasteiger partial charge on any atom is -0.508 e. The molecule has 4 aromatic rings. The normalized spacial score (nSPS) is 19.3. The van der Waals surface area contributed by atoms with Gasteiger partial charge in [0.1, 0.15) is 34.7 Å². The molecule has 0 saturated carbocycles. The number of aryl methyl sites for hydroxylation is 1. The molecule has 6 rings (SSSR count). The number of carbonyl (C=O) groups excluding carboxylic acids is 3. The number of carboxylic acid groups (broad SMARTS) is 1. The number of phenols is 3. The van der Waals surface area contributed by atoms with E-state index in [0.29, 0.717) is 10.7 Å². The lowest BCUT2D eigenvalue weighted by molar-refractivity contribution is -0.192. The third-order valence-corrected chi connectivity index (χ3v) is 10.3. The smallest absolute Gasteiger partial charge is 0.352 e. The van der Waals surface area contributed by atoms with Crippen molar-refractivity contribution in [2.75, 3.05) is 18.6 Å². The van der Waals surface area contributed by atoms with Crippen LogP contribution in [-0.4, -0.2) is 98.9 Å². The van der Waals surface area contributed by atoms with Gasteiger partial charge in [-0.25, -0.2) is 9.48 Å². The molecule has 1 unspecified atom stereocenters. The van der Waals surface area contributed by atoms with Gasteiger partial charge in [0.25, 0.3) is 17.5 Å². The van der Waals surface area contributed by atoms with Gasteiger partial charge in [0, 0.05) is 25.7 Å². The van der Waals surface area contributed by atoms with Gasteiger partial charge in [0.2, 0.25) is 22.2 Å². The number of amides is 3. The number of phenolic OH excluding ortho intramolecular Hbond substituents is 3. The molecule has 3 atom stereocenters. The number of carboxylic acids is 1. The number of aromatic hydroxyl groups is 3. The summed E-state index contributed by atoms with van der Waals surface area (Å²) >= 11 is 2.32. The minimum absolute atomic E-state index is 0.131. The second-order valence-corrected chi connectivity index (χ2v) is 12.7. The number of aliphatic carboxylic acids is 1. The van der Waals surface area contributed by atoms with Crippen molar-refractivity contribution in [2.24, 2.45) is 7.05 Å². The molecule has 0 bridgehead atoms. The summed E-state index contributed by atoms with van der Waals surface area (Å²) in [6.45, 7) is 0. The van der Waals surface area contributed by atoms with Gasteiger partial charge >= 0.3 is 5.97 Å². The predicted octanol–water partition coefficient (Wildman–Crippen LogP) is 0.409. The standard InChI is InChI=1S/C29H25N7O11S2/c1-35-28(32-33-34-35)49-11-13-10-48-27-29(46-2,26(45)36(27)19(13)25(43)44)31-24(42)18(12-3-5-14(37)6-4-12)30-23(41)16-9-47-22-15(20(16)39)7-8-17(38)21(22)40/h3-9,18,27,37-38,40H,10-11H2,1-2H3,(H,30,41)(H,31,42)(H,43,44)/t18?,27-,29-/m0/s1. The first-order chi connectivity index (χ1) is 23.4. The van der Waals surface area contributed by atoms with Crippen molar-refractivity contribution in [3.8, 4) is 17.2 Å². The number of thioether (sulfide) groups is 2. The van der Waals surface area contributed by atoms with Crippen molar-refractivity contribution in [3.05, 3.63) is 75.3 Å². The number of carbonyl (C=O) groups is 4. The number of benzene rings is 2. The largest absolute Gasteiger partial charge is 0.508 e. The molecule has 20 heteroatoms. The molecule has 6 N–H and O–H groups in total. The van der Waals surface area contributed by atoms with E-state index in [9.17, 15) is 44.4 Å². The van der Waals surface area contributed by atoms with Gasteiger partial charge in [0.05, 0.1) is 5.39 Å². The fraction of sp³-hybridized carbons (Fsp3) is 0.241. The molecule has 254 valence electrons. The molecule has 18 nitrogen and oxygen atoms in total. The number of tetrazole rings is 1. The van der Waals surface area contributed by atoms with Crippen LogP contribution < -0.4 is 16.1 Å². The van der Waals surface area contributed by atoms with E-state index < -0.39 is 63.3 Å². The van der Waals surface area contributed by atoms with Crippen LogP contribution in [0.4, 0.5) is 0 Å². The van der Waals surface area contributed by atoms with Crippen molar-refractivity contribution in [1.82, 2.24) is 35.7 Å². The molecule has 2 aromatic heterocycles. The maximum absolute atomic E-state index is 13.9. The summed E-state index contributed by atoms with van der Waals surface area (Å²) in [7, 11) is 2.78. The quantitative estimate of drug-likeness (QED) is 0.0563. The Bertz CT molecular complexity index is 2120. The highest BCUT2D eigenvalue weighted by atomic mass is 32.2. The number of hydrogen-bond donors (Lipinski definition) is 6. The fourth-order valence-electron chi connectivity index (χ4n) is 5.31. The van der Waals surface area contributed by atoms with E-state index in [4.69, 9.17) is 9.15 Å². The lowest BCUT2D eigenvalue weighted by atomic mass is 9.96. The Morgan fingerprint density at radius 2 is 1.90 bits per heavy atom. The van der Waals surface area contributed by atoms with Gasteiger partial charge in [-0.2, -0.15) is 0 Å². The summed E-state index contributed by atoms with van der Waals surface area (Å²) in [6, 6.07) is 5.76. The number of ether oxygens (including phenoxy) is 1. The summed E-state index contributed by atoms with van der Waals surface area (Å²) < 4.78 is 12.2. The molecule has 49 heavy (non-hydrogen) atoms. The zero-order valence-corrected chi connectivity index (χ0v) is 26.9. The van der Waals surface area contributed by atoms with E-state index in [-0.39, 0.29) is 39.5 Å². The van der Waals surface area contributed by atoms with Gasteiger partial charge in [-0.3, -0.25) is 24.1 Å². The van der Waals surface area contributed by atoms with Gasteiger partial charge in [0.15, 0.2) is 11.3 Å². The molecule has 2 aliphatic heterocycles. The molecule has 0 aliphatic carbocycles. The number of hydrogen-bond acceptors (Lipinski definition) is 15. The SMILES string of the molecule is CO[C@@]1(NC(=O)C(NC(=O)c2coc3c(O)c(O)ccc3c2=O)c2ccc(O)cc2)C(=O)N2C(C(=O)O)=C(CSc3nnnn3C)CS[C@H]21. The Morgan fingerprint density at radius 3 is 2.55 bits per heavy atom.